The van der Waals surface area contributed by atoms with Crippen LogP contribution in [-0.2, 0) is 6.42 Å². The Balaban J connectivity index is 1.35. The molecule has 128 valence electrons. The molecule has 0 aliphatic heterocycles. The smallest absolute Gasteiger partial charge is 0.0435 e. The standard InChI is InChI=1S/C23H26N2/c1-2-12-22-18(7-1)8-5-9-19(22)14-16-24-21-11-6-10-20(17-21)23-13-3-4-15-25-23/h1-5,7-9,12-13,15,20-21,24H,6,10-11,14,16-17H2. The summed E-state index contributed by atoms with van der Waals surface area (Å²) in [6.45, 7) is 1.05. The summed E-state index contributed by atoms with van der Waals surface area (Å²) in [5.74, 6) is 0.616. The van der Waals surface area contributed by atoms with Crippen LogP contribution in [0.15, 0.2) is 66.9 Å². The van der Waals surface area contributed by atoms with Crippen molar-refractivity contribution in [1.82, 2.24) is 10.3 Å². The maximum Gasteiger partial charge on any atom is 0.0435 e. The molecule has 0 spiro atoms. The van der Waals surface area contributed by atoms with E-state index in [0.29, 0.717) is 12.0 Å². The first-order chi connectivity index (χ1) is 12.4. The minimum Gasteiger partial charge on any atom is -0.314 e. The third-order valence-corrected chi connectivity index (χ3v) is 5.49. The fraction of sp³-hybridized carbons (Fsp3) is 0.348. The topological polar surface area (TPSA) is 24.9 Å². The van der Waals surface area contributed by atoms with Crippen LogP contribution in [0.1, 0.15) is 42.9 Å². The van der Waals surface area contributed by atoms with Gasteiger partial charge in [0.25, 0.3) is 0 Å². The lowest BCUT2D eigenvalue weighted by atomic mass is 9.83. The van der Waals surface area contributed by atoms with Crippen molar-refractivity contribution in [1.29, 1.82) is 0 Å². The summed E-state index contributed by atoms with van der Waals surface area (Å²) in [5.41, 5.74) is 2.71. The highest BCUT2D eigenvalue weighted by molar-refractivity contribution is 5.85. The van der Waals surface area contributed by atoms with Gasteiger partial charge in [0, 0.05) is 23.9 Å². The predicted octanol–water partition coefficient (Wildman–Crippen LogP) is 5.09. The molecule has 2 nitrogen and oxygen atoms in total. The van der Waals surface area contributed by atoms with Gasteiger partial charge in [-0.05, 0) is 60.7 Å². The van der Waals surface area contributed by atoms with Crippen molar-refractivity contribution in [3.05, 3.63) is 78.1 Å². The second-order valence-electron chi connectivity index (χ2n) is 7.16. The van der Waals surface area contributed by atoms with Crippen LogP contribution in [0.2, 0.25) is 0 Å². The molecule has 2 aromatic carbocycles. The Labute approximate surface area is 150 Å². The number of nitrogens with one attached hydrogen (secondary N) is 1. The summed E-state index contributed by atoms with van der Waals surface area (Å²) in [7, 11) is 0. The second-order valence-corrected chi connectivity index (χ2v) is 7.16. The number of rotatable bonds is 5. The summed E-state index contributed by atoms with van der Waals surface area (Å²) in [6, 6.07) is 22.3. The van der Waals surface area contributed by atoms with Crippen LogP contribution in [0.5, 0.6) is 0 Å². The third-order valence-electron chi connectivity index (χ3n) is 5.49. The number of pyridine rings is 1. The summed E-state index contributed by atoms with van der Waals surface area (Å²) >= 11 is 0. The molecule has 4 rings (SSSR count). The molecule has 1 heterocycles. The summed E-state index contributed by atoms with van der Waals surface area (Å²) < 4.78 is 0. The summed E-state index contributed by atoms with van der Waals surface area (Å²) in [4.78, 5) is 4.57. The van der Waals surface area contributed by atoms with E-state index in [1.54, 1.807) is 0 Å². The third kappa shape index (κ3) is 3.91. The second kappa shape index (κ2) is 7.79. The highest BCUT2D eigenvalue weighted by atomic mass is 14.9. The van der Waals surface area contributed by atoms with E-state index in [2.05, 4.69) is 64.9 Å². The van der Waals surface area contributed by atoms with E-state index in [0.717, 1.165) is 13.0 Å². The molecular weight excluding hydrogens is 304 g/mol. The van der Waals surface area contributed by atoms with Crippen LogP contribution < -0.4 is 5.32 Å². The minimum absolute atomic E-state index is 0.616. The molecule has 2 atom stereocenters. The molecule has 2 unspecified atom stereocenters. The SMILES string of the molecule is c1ccc(C2CCCC(NCCc3cccc4ccccc34)C2)nc1. The maximum absolute atomic E-state index is 4.57. The van der Waals surface area contributed by atoms with E-state index in [1.807, 2.05) is 12.3 Å². The summed E-state index contributed by atoms with van der Waals surface area (Å²) in [5, 5.41) is 6.54. The van der Waals surface area contributed by atoms with Crippen molar-refractivity contribution < 1.29 is 0 Å². The number of benzene rings is 2. The van der Waals surface area contributed by atoms with Gasteiger partial charge in [0.15, 0.2) is 0 Å². The Kier molecular flexibility index (Phi) is 5.08. The Morgan fingerprint density at radius 1 is 0.920 bits per heavy atom. The van der Waals surface area contributed by atoms with Gasteiger partial charge in [0.2, 0.25) is 0 Å². The van der Waals surface area contributed by atoms with Crippen LogP contribution >= 0.6 is 0 Å². The van der Waals surface area contributed by atoms with Gasteiger partial charge in [-0.3, -0.25) is 4.98 Å². The molecule has 0 radical (unpaired) electrons. The quantitative estimate of drug-likeness (QED) is 0.704. The van der Waals surface area contributed by atoms with E-state index in [9.17, 15) is 0 Å². The van der Waals surface area contributed by atoms with Crippen molar-refractivity contribution in [2.75, 3.05) is 6.54 Å². The fourth-order valence-corrected chi connectivity index (χ4v) is 4.18. The first-order valence-corrected chi connectivity index (χ1v) is 9.51. The first kappa shape index (κ1) is 16.3. The fourth-order valence-electron chi connectivity index (χ4n) is 4.18. The van der Waals surface area contributed by atoms with E-state index < -0.39 is 0 Å². The number of hydrogen-bond donors (Lipinski definition) is 1. The highest BCUT2D eigenvalue weighted by Crippen LogP contribution is 2.31. The van der Waals surface area contributed by atoms with Crippen molar-refractivity contribution in [2.24, 2.45) is 0 Å². The van der Waals surface area contributed by atoms with Crippen LogP contribution in [0, 0.1) is 0 Å². The van der Waals surface area contributed by atoms with Gasteiger partial charge in [0.1, 0.15) is 0 Å². The molecule has 0 bridgehead atoms. The van der Waals surface area contributed by atoms with Gasteiger partial charge < -0.3 is 5.32 Å². The zero-order valence-electron chi connectivity index (χ0n) is 14.7. The van der Waals surface area contributed by atoms with Gasteiger partial charge in [0.05, 0.1) is 0 Å². The first-order valence-electron chi connectivity index (χ1n) is 9.51. The summed E-state index contributed by atoms with van der Waals surface area (Å²) in [6.07, 6.45) is 8.09. The van der Waals surface area contributed by atoms with Gasteiger partial charge >= 0.3 is 0 Å². The lowest BCUT2D eigenvalue weighted by Crippen LogP contribution is -2.35. The molecule has 1 fully saturated rings. The highest BCUT2D eigenvalue weighted by Gasteiger charge is 2.23. The molecule has 2 heteroatoms. The predicted molar refractivity (Wildman–Crippen MR) is 105 cm³/mol. The Morgan fingerprint density at radius 2 is 1.80 bits per heavy atom. The van der Waals surface area contributed by atoms with E-state index in [4.69, 9.17) is 0 Å². The van der Waals surface area contributed by atoms with Gasteiger partial charge in [-0.25, -0.2) is 0 Å². The molecule has 1 saturated carbocycles. The number of aromatic nitrogens is 1. The molecule has 0 amide bonds. The molecule has 1 aliphatic rings. The molecule has 1 N–H and O–H groups in total. The minimum atomic E-state index is 0.616. The maximum atomic E-state index is 4.57. The Morgan fingerprint density at radius 3 is 2.72 bits per heavy atom. The molecule has 0 saturated heterocycles. The normalized spacial score (nSPS) is 20.6. The lowest BCUT2D eigenvalue weighted by molar-refractivity contribution is 0.337. The van der Waals surface area contributed by atoms with Gasteiger partial charge in [-0.15, -0.1) is 0 Å². The van der Waals surface area contributed by atoms with Crippen molar-refractivity contribution in [3.63, 3.8) is 0 Å². The van der Waals surface area contributed by atoms with E-state index in [-0.39, 0.29) is 0 Å². The van der Waals surface area contributed by atoms with Crippen LogP contribution in [0.3, 0.4) is 0 Å². The van der Waals surface area contributed by atoms with Crippen LogP contribution in [0.4, 0.5) is 0 Å². The number of fused-ring (bicyclic) bond motifs is 1. The molecule has 25 heavy (non-hydrogen) atoms. The molecule has 3 aromatic rings. The number of hydrogen-bond acceptors (Lipinski definition) is 2. The van der Waals surface area contributed by atoms with Crippen LogP contribution in [0.25, 0.3) is 10.8 Å². The molecule has 1 aliphatic carbocycles. The molecule has 1 aromatic heterocycles. The number of nitrogens with zero attached hydrogens (tertiary/aromatic N) is 1. The monoisotopic (exact) mass is 330 g/mol. The van der Waals surface area contributed by atoms with Crippen molar-refractivity contribution >= 4 is 10.8 Å². The molecular formula is C23H26N2. The lowest BCUT2D eigenvalue weighted by Gasteiger charge is -2.29. The average Bonchev–Trinajstić information content (AvgIpc) is 2.69. The average molecular weight is 330 g/mol. The Bertz CT molecular complexity index is 807. The zero-order chi connectivity index (χ0) is 16.9. The van der Waals surface area contributed by atoms with E-state index in [1.165, 1.54) is 47.7 Å². The van der Waals surface area contributed by atoms with Crippen molar-refractivity contribution in [3.8, 4) is 0 Å². The Hall–Kier alpha value is -2.19. The van der Waals surface area contributed by atoms with Crippen molar-refractivity contribution in [2.45, 2.75) is 44.1 Å². The van der Waals surface area contributed by atoms with E-state index >= 15 is 0 Å². The van der Waals surface area contributed by atoms with Gasteiger partial charge in [-0.2, -0.15) is 0 Å². The van der Waals surface area contributed by atoms with Crippen LogP contribution in [-0.4, -0.2) is 17.6 Å². The largest absolute Gasteiger partial charge is 0.314 e. The zero-order valence-corrected chi connectivity index (χ0v) is 14.7. The van der Waals surface area contributed by atoms with Gasteiger partial charge in [-0.1, -0.05) is 55.0 Å².